The zero-order chi connectivity index (χ0) is 13.3. The van der Waals surface area contributed by atoms with Gasteiger partial charge in [0.05, 0.1) is 5.37 Å². The van der Waals surface area contributed by atoms with Crippen LogP contribution in [0.4, 0.5) is 4.79 Å². The maximum Gasteiger partial charge on any atom is 0.327 e. The van der Waals surface area contributed by atoms with Crippen molar-refractivity contribution in [3.8, 4) is 0 Å². The third kappa shape index (κ3) is 2.58. The highest BCUT2D eigenvalue weighted by Crippen LogP contribution is 2.31. The second kappa shape index (κ2) is 5.38. The number of urea groups is 1. The molecule has 1 aliphatic carbocycles. The molecule has 6 heteroatoms. The number of hydrogen-bond donors (Lipinski definition) is 1. The summed E-state index contributed by atoms with van der Waals surface area (Å²) in [5.41, 5.74) is 0. The molecule has 1 saturated heterocycles. The van der Waals surface area contributed by atoms with Crippen molar-refractivity contribution in [2.45, 2.75) is 37.6 Å². The molecule has 1 N–H and O–H groups in total. The molecule has 2 unspecified atom stereocenters. The molecule has 2 atom stereocenters. The van der Waals surface area contributed by atoms with Crippen molar-refractivity contribution < 1.29 is 14.7 Å². The number of hydrogen-bond acceptors (Lipinski definition) is 3. The highest BCUT2D eigenvalue weighted by molar-refractivity contribution is 8.00. The third-order valence-corrected chi connectivity index (χ3v) is 5.03. The number of carboxylic acids is 1. The van der Waals surface area contributed by atoms with Gasteiger partial charge < -0.3 is 10.0 Å². The summed E-state index contributed by atoms with van der Waals surface area (Å²) < 4.78 is 0. The van der Waals surface area contributed by atoms with Gasteiger partial charge in [0.25, 0.3) is 0 Å². The zero-order valence-electron chi connectivity index (χ0n) is 10.8. The van der Waals surface area contributed by atoms with Gasteiger partial charge in [0.15, 0.2) is 0 Å². The summed E-state index contributed by atoms with van der Waals surface area (Å²) in [6, 6.07) is -0.826. The van der Waals surface area contributed by atoms with E-state index in [4.69, 9.17) is 5.11 Å². The summed E-state index contributed by atoms with van der Waals surface area (Å²) in [6.45, 7) is 2.64. The minimum absolute atomic E-state index is 0.0533. The molecule has 5 nitrogen and oxygen atoms in total. The predicted octanol–water partition coefficient (Wildman–Crippen LogP) is 1.69. The molecule has 0 aromatic carbocycles. The molecule has 0 bridgehead atoms. The maximum absolute atomic E-state index is 12.3. The third-order valence-electron chi connectivity index (χ3n) is 3.81. The zero-order valence-corrected chi connectivity index (χ0v) is 11.7. The molecule has 2 rings (SSSR count). The van der Waals surface area contributed by atoms with Crippen LogP contribution in [0.1, 0.15) is 26.2 Å². The second-order valence-electron chi connectivity index (χ2n) is 5.15. The van der Waals surface area contributed by atoms with Crippen LogP contribution < -0.4 is 0 Å². The summed E-state index contributed by atoms with van der Waals surface area (Å²) in [6.07, 6.45) is 3.62. The minimum Gasteiger partial charge on any atom is -0.480 e. The van der Waals surface area contributed by atoms with Crippen molar-refractivity contribution in [2.75, 3.05) is 19.3 Å². The molecule has 2 fully saturated rings. The first-order valence-electron chi connectivity index (χ1n) is 6.38. The first-order valence-corrected chi connectivity index (χ1v) is 7.43. The maximum atomic E-state index is 12.3. The van der Waals surface area contributed by atoms with E-state index in [1.165, 1.54) is 35.9 Å². The minimum atomic E-state index is -0.905. The van der Waals surface area contributed by atoms with Crippen LogP contribution >= 0.6 is 11.8 Å². The van der Waals surface area contributed by atoms with Gasteiger partial charge in [-0.2, -0.15) is 0 Å². The van der Waals surface area contributed by atoms with Crippen LogP contribution in [0.3, 0.4) is 0 Å². The van der Waals surface area contributed by atoms with Crippen molar-refractivity contribution in [1.82, 2.24) is 9.80 Å². The van der Waals surface area contributed by atoms with Gasteiger partial charge in [-0.3, -0.25) is 4.90 Å². The van der Waals surface area contributed by atoms with Gasteiger partial charge in [-0.1, -0.05) is 6.42 Å². The Bertz CT molecular complexity index is 346. The number of carbonyl (C=O) groups is 2. The number of thioether (sulfide) groups is 1. The molecule has 1 heterocycles. The van der Waals surface area contributed by atoms with E-state index < -0.39 is 12.0 Å². The van der Waals surface area contributed by atoms with E-state index in [1.807, 2.05) is 6.92 Å². The average Bonchev–Trinajstić information content (AvgIpc) is 2.64. The van der Waals surface area contributed by atoms with E-state index in [0.717, 1.165) is 6.54 Å². The molecular weight excluding hydrogens is 252 g/mol. The van der Waals surface area contributed by atoms with Crippen molar-refractivity contribution in [2.24, 2.45) is 5.92 Å². The van der Waals surface area contributed by atoms with E-state index in [0.29, 0.717) is 11.7 Å². The van der Waals surface area contributed by atoms with Gasteiger partial charge in [-0.25, -0.2) is 9.59 Å². The monoisotopic (exact) mass is 272 g/mol. The van der Waals surface area contributed by atoms with E-state index >= 15 is 0 Å². The number of carbonyl (C=O) groups excluding carboxylic acids is 1. The van der Waals surface area contributed by atoms with Crippen LogP contribution in [0.5, 0.6) is 0 Å². The molecule has 102 valence electrons. The molecule has 2 aliphatic rings. The fourth-order valence-corrected chi connectivity index (χ4v) is 3.62. The quantitative estimate of drug-likeness (QED) is 0.849. The largest absolute Gasteiger partial charge is 0.480 e. The molecule has 0 spiro atoms. The number of amides is 2. The van der Waals surface area contributed by atoms with Crippen molar-refractivity contribution in [3.05, 3.63) is 0 Å². The van der Waals surface area contributed by atoms with Crippen molar-refractivity contribution in [1.29, 1.82) is 0 Å². The lowest BCUT2D eigenvalue weighted by Gasteiger charge is -2.34. The SMILES string of the molecule is CC1SCC(C(=O)O)N1C(=O)N(C)CC1CCC1. The van der Waals surface area contributed by atoms with E-state index in [1.54, 1.807) is 11.9 Å². The normalized spacial score (nSPS) is 28.0. The van der Waals surface area contributed by atoms with Crippen molar-refractivity contribution >= 4 is 23.8 Å². The van der Waals surface area contributed by atoms with Gasteiger partial charge >= 0.3 is 12.0 Å². The second-order valence-corrected chi connectivity index (χ2v) is 6.50. The number of rotatable bonds is 3. The first-order chi connectivity index (χ1) is 8.50. The van der Waals surface area contributed by atoms with Gasteiger partial charge in [0, 0.05) is 19.3 Å². The van der Waals surface area contributed by atoms with E-state index in [-0.39, 0.29) is 11.4 Å². The predicted molar refractivity (Wildman–Crippen MR) is 70.5 cm³/mol. The fraction of sp³-hybridized carbons (Fsp3) is 0.833. The number of nitrogens with zero attached hydrogens (tertiary/aromatic N) is 2. The molecule has 18 heavy (non-hydrogen) atoms. The Balaban J connectivity index is 1.98. The van der Waals surface area contributed by atoms with Crippen LogP contribution in [0, 0.1) is 5.92 Å². The molecule has 1 aliphatic heterocycles. The standard InChI is InChI=1S/C12H20N2O3S/c1-8-14(10(7-18-8)11(15)16)12(17)13(2)6-9-4-3-5-9/h8-10H,3-7H2,1-2H3,(H,15,16). The van der Waals surface area contributed by atoms with Crippen LogP contribution in [0.2, 0.25) is 0 Å². The van der Waals surface area contributed by atoms with Gasteiger partial charge in [-0.15, -0.1) is 11.8 Å². The lowest BCUT2D eigenvalue weighted by molar-refractivity contribution is -0.141. The smallest absolute Gasteiger partial charge is 0.327 e. The molecule has 0 radical (unpaired) electrons. The average molecular weight is 272 g/mol. The van der Waals surface area contributed by atoms with E-state index in [2.05, 4.69) is 0 Å². The van der Waals surface area contributed by atoms with Gasteiger partial charge in [0.2, 0.25) is 0 Å². The van der Waals surface area contributed by atoms with Crippen molar-refractivity contribution in [3.63, 3.8) is 0 Å². The highest BCUT2D eigenvalue weighted by atomic mass is 32.2. The van der Waals surface area contributed by atoms with Crippen LogP contribution in [0.15, 0.2) is 0 Å². The van der Waals surface area contributed by atoms with Crippen LogP contribution in [-0.2, 0) is 4.79 Å². The summed E-state index contributed by atoms with van der Waals surface area (Å²) in [5.74, 6) is 0.185. The molecule has 0 aromatic heterocycles. The Morgan fingerprint density at radius 1 is 1.44 bits per heavy atom. The molecule has 0 aromatic rings. The Morgan fingerprint density at radius 3 is 2.61 bits per heavy atom. The Morgan fingerprint density at radius 2 is 2.11 bits per heavy atom. The summed E-state index contributed by atoms with van der Waals surface area (Å²) in [7, 11) is 1.77. The molecule has 2 amide bonds. The summed E-state index contributed by atoms with van der Waals surface area (Å²) in [4.78, 5) is 26.7. The lowest BCUT2D eigenvalue weighted by Crippen LogP contribution is -2.51. The first kappa shape index (κ1) is 13.5. The van der Waals surface area contributed by atoms with Gasteiger partial charge in [0.1, 0.15) is 6.04 Å². The molecular formula is C12H20N2O3S. The summed E-state index contributed by atoms with van der Waals surface area (Å²) in [5, 5.41) is 9.09. The number of carboxylic acid groups (broad SMARTS) is 1. The van der Waals surface area contributed by atoms with Crippen LogP contribution in [0.25, 0.3) is 0 Å². The number of aliphatic carboxylic acids is 1. The lowest BCUT2D eigenvalue weighted by atomic mass is 9.85. The Labute approximate surface area is 112 Å². The summed E-state index contributed by atoms with van der Waals surface area (Å²) >= 11 is 1.52. The van der Waals surface area contributed by atoms with E-state index in [9.17, 15) is 9.59 Å². The topological polar surface area (TPSA) is 60.9 Å². The Kier molecular flexibility index (Phi) is 4.04. The van der Waals surface area contributed by atoms with Gasteiger partial charge in [-0.05, 0) is 25.7 Å². The van der Waals surface area contributed by atoms with Crippen LogP contribution in [-0.4, -0.2) is 57.7 Å². The highest BCUT2D eigenvalue weighted by Gasteiger charge is 2.41. The Hall–Kier alpha value is -0.910. The molecule has 1 saturated carbocycles. The fourth-order valence-electron chi connectivity index (χ4n) is 2.46.